The van der Waals surface area contributed by atoms with Crippen LogP contribution in [0.25, 0.3) is 0 Å². The van der Waals surface area contributed by atoms with E-state index in [9.17, 15) is 9.18 Å². The van der Waals surface area contributed by atoms with E-state index in [0.717, 1.165) is 12.8 Å². The fraction of sp³-hybridized carbons (Fsp3) is 0.500. The van der Waals surface area contributed by atoms with Crippen LogP contribution in [0.5, 0.6) is 0 Å². The molecule has 3 heteroatoms. The van der Waals surface area contributed by atoms with Crippen LogP contribution in [-0.4, -0.2) is 5.78 Å². The fourth-order valence-electron chi connectivity index (χ4n) is 1.70. The van der Waals surface area contributed by atoms with Crippen molar-refractivity contribution in [2.24, 2.45) is 0 Å². The summed E-state index contributed by atoms with van der Waals surface area (Å²) < 4.78 is 13.4. The Morgan fingerprint density at radius 1 is 1.24 bits per heavy atom. The number of carbonyl (C=O) groups excluding carboxylic acids is 1. The minimum absolute atomic E-state index is 0.0993. The molecule has 1 rings (SSSR count). The fourth-order valence-corrected chi connectivity index (χ4v) is 2.08. The van der Waals surface area contributed by atoms with Crippen molar-refractivity contribution in [1.82, 2.24) is 0 Å². The van der Waals surface area contributed by atoms with E-state index in [-0.39, 0.29) is 11.6 Å². The van der Waals surface area contributed by atoms with Gasteiger partial charge in [-0.3, -0.25) is 4.79 Å². The number of halogens is 2. The Morgan fingerprint density at radius 3 is 2.59 bits per heavy atom. The zero-order valence-corrected chi connectivity index (χ0v) is 11.7. The van der Waals surface area contributed by atoms with E-state index in [2.05, 4.69) is 22.9 Å². The molecule has 0 bridgehead atoms. The minimum Gasteiger partial charge on any atom is -0.294 e. The second kappa shape index (κ2) is 7.59. The van der Waals surface area contributed by atoms with E-state index in [1.165, 1.54) is 25.3 Å². The van der Waals surface area contributed by atoms with Crippen molar-refractivity contribution in [2.75, 3.05) is 0 Å². The van der Waals surface area contributed by atoms with Gasteiger partial charge >= 0.3 is 0 Å². The molecular formula is C14H18BrFO. The lowest BCUT2D eigenvalue weighted by atomic mass is 10.0. The normalized spacial score (nSPS) is 10.5. The smallest absolute Gasteiger partial charge is 0.162 e. The largest absolute Gasteiger partial charge is 0.294 e. The van der Waals surface area contributed by atoms with Crippen molar-refractivity contribution in [3.05, 3.63) is 34.1 Å². The first-order chi connectivity index (χ1) is 8.15. The first-order valence-electron chi connectivity index (χ1n) is 6.13. The van der Waals surface area contributed by atoms with Gasteiger partial charge in [-0.05, 0) is 40.5 Å². The standard InChI is InChI=1S/C14H18BrFO/c1-2-3-4-5-6-7-14(17)11-8-9-13(16)12(15)10-11/h8-10H,2-7H2,1H3. The molecule has 1 aromatic rings. The third-order valence-corrected chi connectivity index (χ3v) is 3.36. The Labute approximate surface area is 111 Å². The predicted molar refractivity (Wildman–Crippen MR) is 71.8 cm³/mol. The SMILES string of the molecule is CCCCCCCC(=O)c1ccc(F)c(Br)c1. The summed E-state index contributed by atoms with van der Waals surface area (Å²) in [5, 5.41) is 0. The maximum absolute atomic E-state index is 13.0. The Balaban J connectivity index is 2.39. The van der Waals surface area contributed by atoms with E-state index in [1.807, 2.05) is 0 Å². The maximum Gasteiger partial charge on any atom is 0.162 e. The molecule has 17 heavy (non-hydrogen) atoms. The molecule has 0 saturated carbocycles. The highest BCUT2D eigenvalue weighted by atomic mass is 79.9. The first kappa shape index (κ1) is 14.4. The van der Waals surface area contributed by atoms with E-state index in [0.29, 0.717) is 16.5 Å². The van der Waals surface area contributed by atoms with Crippen molar-refractivity contribution < 1.29 is 9.18 Å². The molecule has 0 aromatic heterocycles. The minimum atomic E-state index is -0.329. The predicted octanol–water partition coefficient (Wildman–Crippen LogP) is 5.13. The van der Waals surface area contributed by atoms with E-state index < -0.39 is 0 Å². The zero-order chi connectivity index (χ0) is 12.7. The number of hydrogen-bond donors (Lipinski definition) is 0. The number of carbonyl (C=O) groups is 1. The molecule has 0 aliphatic rings. The van der Waals surface area contributed by atoms with Gasteiger partial charge in [-0.15, -0.1) is 0 Å². The van der Waals surface area contributed by atoms with Gasteiger partial charge in [0.1, 0.15) is 5.82 Å². The van der Waals surface area contributed by atoms with Gasteiger partial charge in [-0.2, -0.15) is 0 Å². The van der Waals surface area contributed by atoms with Gasteiger partial charge in [-0.1, -0.05) is 32.6 Å². The third-order valence-electron chi connectivity index (χ3n) is 2.75. The molecule has 0 heterocycles. The highest BCUT2D eigenvalue weighted by Crippen LogP contribution is 2.18. The van der Waals surface area contributed by atoms with Crippen molar-refractivity contribution in [3.8, 4) is 0 Å². The number of ketones is 1. The van der Waals surface area contributed by atoms with Crippen LogP contribution in [0.2, 0.25) is 0 Å². The van der Waals surface area contributed by atoms with Crippen LogP contribution in [0.1, 0.15) is 55.8 Å². The zero-order valence-electron chi connectivity index (χ0n) is 10.1. The van der Waals surface area contributed by atoms with Crippen molar-refractivity contribution >= 4 is 21.7 Å². The summed E-state index contributed by atoms with van der Waals surface area (Å²) in [4.78, 5) is 11.8. The lowest BCUT2D eigenvalue weighted by molar-refractivity contribution is 0.0979. The molecule has 0 fully saturated rings. The van der Waals surface area contributed by atoms with Crippen LogP contribution < -0.4 is 0 Å². The summed E-state index contributed by atoms with van der Waals surface area (Å²) in [5.41, 5.74) is 0.591. The van der Waals surface area contributed by atoms with Gasteiger partial charge in [0.15, 0.2) is 5.78 Å². The average molecular weight is 301 g/mol. The number of hydrogen-bond acceptors (Lipinski definition) is 1. The van der Waals surface area contributed by atoms with Gasteiger partial charge < -0.3 is 0 Å². The molecular weight excluding hydrogens is 283 g/mol. The molecule has 0 radical (unpaired) electrons. The van der Waals surface area contributed by atoms with Crippen molar-refractivity contribution in [3.63, 3.8) is 0 Å². The molecule has 0 saturated heterocycles. The summed E-state index contributed by atoms with van der Waals surface area (Å²) in [6.45, 7) is 2.17. The Bertz CT molecular complexity index is 376. The lowest BCUT2D eigenvalue weighted by Crippen LogP contribution is -1.99. The van der Waals surface area contributed by atoms with Crippen LogP contribution in [0, 0.1) is 5.82 Å². The summed E-state index contributed by atoms with van der Waals surface area (Å²) in [5.74, 6) is -0.230. The number of rotatable bonds is 7. The van der Waals surface area contributed by atoms with Crippen LogP contribution in [0.4, 0.5) is 4.39 Å². The molecule has 0 aliphatic carbocycles. The molecule has 0 atom stereocenters. The van der Waals surface area contributed by atoms with Gasteiger partial charge in [0, 0.05) is 12.0 Å². The topological polar surface area (TPSA) is 17.1 Å². The van der Waals surface area contributed by atoms with Crippen LogP contribution in [-0.2, 0) is 0 Å². The summed E-state index contributed by atoms with van der Waals surface area (Å²) in [7, 11) is 0. The summed E-state index contributed by atoms with van der Waals surface area (Å²) in [6.07, 6.45) is 6.21. The molecule has 0 unspecified atom stereocenters. The molecule has 1 aromatic carbocycles. The third kappa shape index (κ3) is 4.99. The van der Waals surface area contributed by atoms with Crippen molar-refractivity contribution in [1.29, 1.82) is 0 Å². The molecule has 0 spiro atoms. The van der Waals surface area contributed by atoms with E-state index in [4.69, 9.17) is 0 Å². The highest BCUT2D eigenvalue weighted by Gasteiger charge is 2.08. The Kier molecular flexibility index (Phi) is 6.41. The molecule has 1 nitrogen and oxygen atoms in total. The quantitative estimate of drug-likeness (QED) is 0.504. The van der Waals surface area contributed by atoms with Gasteiger partial charge in [0.25, 0.3) is 0 Å². The monoisotopic (exact) mass is 300 g/mol. The second-order valence-electron chi connectivity index (χ2n) is 4.22. The summed E-state index contributed by atoms with van der Waals surface area (Å²) >= 11 is 3.09. The molecule has 0 amide bonds. The average Bonchev–Trinajstić information content (AvgIpc) is 2.32. The van der Waals surface area contributed by atoms with E-state index in [1.54, 1.807) is 12.1 Å². The molecule has 0 N–H and O–H groups in total. The highest BCUT2D eigenvalue weighted by molar-refractivity contribution is 9.10. The molecule has 0 aliphatic heterocycles. The lowest BCUT2D eigenvalue weighted by Gasteiger charge is -2.02. The Hall–Kier alpha value is -0.700. The van der Waals surface area contributed by atoms with Crippen LogP contribution >= 0.6 is 15.9 Å². The van der Waals surface area contributed by atoms with Crippen LogP contribution in [0.3, 0.4) is 0 Å². The van der Waals surface area contributed by atoms with Gasteiger partial charge in [0.05, 0.1) is 4.47 Å². The number of Topliss-reactive ketones (excluding diaryl/α,β-unsaturated/α-hetero) is 1. The number of benzene rings is 1. The summed E-state index contributed by atoms with van der Waals surface area (Å²) in [6, 6.07) is 4.44. The van der Waals surface area contributed by atoms with Gasteiger partial charge in [0.2, 0.25) is 0 Å². The van der Waals surface area contributed by atoms with Gasteiger partial charge in [-0.25, -0.2) is 4.39 Å². The number of unbranched alkanes of at least 4 members (excludes halogenated alkanes) is 4. The maximum atomic E-state index is 13.0. The first-order valence-corrected chi connectivity index (χ1v) is 6.92. The van der Waals surface area contributed by atoms with Crippen molar-refractivity contribution in [2.45, 2.75) is 45.4 Å². The van der Waals surface area contributed by atoms with E-state index >= 15 is 0 Å². The second-order valence-corrected chi connectivity index (χ2v) is 5.07. The Morgan fingerprint density at radius 2 is 1.94 bits per heavy atom. The van der Waals surface area contributed by atoms with Crippen LogP contribution in [0.15, 0.2) is 22.7 Å². The molecule has 94 valence electrons.